The van der Waals surface area contributed by atoms with E-state index in [0.717, 1.165) is 12.8 Å². The van der Waals surface area contributed by atoms with Gasteiger partial charge in [-0.1, -0.05) is 0 Å². The standard InChI is InChI=1S/C13H22N2O5/c1-3-20-9-4-8(5-9)14-12(18)15-10-6-19-7-13(10,2)11(16)17/h8-10H,3-7H2,1-2H3,(H,16,17)(H2,14,15,18). The van der Waals surface area contributed by atoms with E-state index in [1.54, 1.807) is 6.92 Å². The molecule has 0 aromatic rings. The molecule has 1 saturated heterocycles. The normalized spacial score (nSPS) is 36.2. The van der Waals surface area contributed by atoms with Gasteiger partial charge in [0.2, 0.25) is 0 Å². The average molecular weight is 286 g/mol. The molecule has 3 N–H and O–H groups in total. The van der Waals surface area contributed by atoms with Gasteiger partial charge in [0, 0.05) is 12.6 Å². The Balaban J connectivity index is 1.76. The monoisotopic (exact) mass is 286 g/mol. The van der Waals surface area contributed by atoms with Crippen molar-refractivity contribution in [2.24, 2.45) is 5.41 Å². The van der Waals surface area contributed by atoms with Gasteiger partial charge in [0.15, 0.2) is 0 Å². The third-order valence-corrected chi connectivity index (χ3v) is 4.08. The van der Waals surface area contributed by atoms with Crippen LogP contribution in [-0.2, 0) is 14.3 Å². The molecule has 1 heterocycles. The van der Waals surface area contributed by atoms with E-state index in [0.29, 0.717) is 6.61 Å². The number of aliphatic carboxylic acids is 1. The lowest BCUT2D eigenvalue weighted by atomic mass is 9.85. The molecule has 2 rings (SSSR count). The Hall–Kier alpha value is -1.34. The maximum Gasteiger partial charge on any atom is 0.315 e. The quantitative estimate of drug-likeness (QED) is 0.677. The fourth-order valence-corrected chi connectivity index (χ4v) is 2.53. The molecule has 20 heavy (non-hydrogen) atoms. The van der Waals surface area contributed by atoms with Gasteiger partial charge in [-0.05, 0) is 26.7 Å². The maximum atomic E-state index is 11.9. The van der Waals surface area contributed by atoms with E-state index in [9.17, 15) is 14.7 Å². The minimum absolute atomic E-state index is 0.102. The zero-order chi connectivity index (χ0) is 14.8. The van der Waals surface area contributed by atoms with Crippen LogP contribution in [0.2, 0.25) is 0 Å². The maximum absolute atomic E-state index is 11.9. The smallest absolute Gasteiger partial charge is 0.315 e. The number of hydrogen-bond acceptors (Lipinski definition) is 4. The second kappa shape index (κ2) is 5.97. The van der Waals surface area contributed by atoms with Crippen molar-refractivity contribution in [3.05, 3.63) is 0 Å². The fourth-order valence-electron chi connectivity index (χ4n) is 2.53. The Morgan fingerprint density at radius 2 is 2.10 bits per heavy atom. The lowest BCUT2D eigenvalue weighted by Gasteiger charge is -2.36. The lowest BCUT2D eigenvalue weighted by molar-refractivity contribution is -0.148. The van der Waals surface area contributed by atoms with E-state index < -0.39 is 17.4 Å². The fraction of sp³-hybridized carbons (Fsp3) is 0.846. The largest absolute Gasteiger partial charge is 0.481 e. The molecular weight excluding hydrogens is 264 g/mol. The molecule has 2 aliphatic rings. The Morgan fingerprint density at radius 3 is 2.70 bits per heavy atom. The molecular formula is C13H22N2O5. The summed E-state index contributed by atoms with van der Waals surface area (Å²) in [5, 5.41) is 14.8. The van der Waals surface area contributed by atoms with Crippen LogP contribution in [0.25, 0.3) is 0 Å². The summed E-state index contributed by atoms with van der Waals surface area (Å²) in [5.74, 6) is -0.958. The highest BCUT2D eigenvalue weighted by Crippen LogP contribution is 2.29. The van der Waals surface area contributed by atoms with Gasteiger partial charge in [0.25, 0.3) is 0 Å². The van der Waals surface area contributed by atoms with Crippen LogP contribution in [0.5, 0.6) is 0 Å². The van der Waals surface area contributed by atoms with E-state index in [2.05, 4.69) is 10.6 Å². The zero-order valence-corrected chi connectivity index (χ0v) is 11.8. The van der Waals surface area contributed by atoms with Crippen molar-refractivity contribution < 1.29 is 24.2 Å². The summed E-state index contributed by atoms with van der Waals surface area (Å²) < 4.78 is 10.6. The second-order valence-electron chi connectivity index (χ2n) is 5.65. The molecule has 1 aliphatic carbocycles. The molecule has 0 spiro atoms. The SMILES string of the molecule is CCOC1CC(NC(=O)NC2COCC2(C)C(=O)O)C1. The van der Waals surface area contributed by atoms with Gasteiger partial charge in [-0.25, -0.2) is 4.79 Å². The third kappa shape index (κ3) is 3.04. The van der Waals surface area contributed by atoms with Gasteiger partial charge >= 0.3 is 12.0 Å². The number of carboxylic acid groups (broad SMARTS) is 1. The van der Waals surface area contributed by atoms with Crippen molar-refractivity contribution in [3.8, 4) is 0 Å². The van der Waals surface area contributed by atoms with E-state index in [4.69, 9.17) is 9.47 Å². The first kappa shape index (κ1) is 15.1. The first-order valence-corrected chi connectivity index (χ1v) is 6.95. The predicted molar refractivity (Wildman–Crippen MR) is 70.5 cm³/mol. The molecule has 1 saturated carbocycles. The number of carboxylic acids is 1. The summed E-state index contributed by atoms with van der Waals surface area (Å²) in [4.78, 5) is 23.1. The van der Waals surface area contributed by atoms with Crippen molar-refractivity contribution in [2.45, 2.75) is 44.9 Å². The molecule has 2 unspecified atom stereocenters. The number of hydrogen-bond donors (Lipinski definition) is 3. The number of carbonyl (C=O) groups excluding carboxylic acids is 1. The average Bonchev–Trinajstić information content (AvgIpc) is 2.70. The highest BCUT2D eigenvalue weighted by Gasteiger charge is 2.47. The van der Waals surface area contributed by atoms with E-state index in [-0.39, 0.29) is 31.4 Å². The Bertz CT molecular complexity index is 383. The molecule has 7 heteroatoms. The molecule has 2 amide bonds. The van der Waals surface area contributed by atoms with Crippen LogP contribution >= 0.6 is 0 Å². The van der Waals surface area contributed by atoms with Crippen molar-refractivity contribution in [3.63, 3.8) is 0 Å². The van der Waals surface area contributed by atoms with Crippen LogP contribution in [-0.4, -0.2) is 55.1 Å². The van der Waals surface area contributed by atoms with Crippen molar-refractivity contribution in [1.82, 2.24) is 10.6 Å². The number of nitrogens with one attached hydrogen (secondary N) is 2. The van der Waals surface area contributed by atoms with Crippen molar-refractivity contribution in [2.75, 3.05) is 19.8 Å². The Labute approximate surface area is 118 Å². The van der Waals surface area contributed by atoms with E-state index >= 15 is 0 Å². The minimum Gasteiger partial charge on any atom is -0.481 e. The van der Waals surface area contributed by atoms with Gasteiger partial charge in [-0.3, -0.25) is 4.79 Å². The van der Waals surface area contributed by atoms with Crippen LogP contribution in [0, 0.1) is 5.41 Å². The molecule has 0 aromatic heterocycles. The number of amides is 2. The predicted octanol–water partition coefficient (Wildman–Crippen LogP) is 0.343. The topological polar surface area (TPSA) is 96.9 Å². The highest BCUT2D eigenvalue weighted by molar-refractivity contribution is 5.79. The van der Waals surface area contributed by atoms with Gasteiger partial charge in [0.05, 0.1) is 25.4 Å². The number of rotatable bonds is 5. The molecule has 2 fully saturated rings. The summed E-state index contributed by atoms with van der Waals surface area (Å²) >= 11 is 0. The van der Waals surface area contributed by atoms with Crippen LogP contribution in [0.1, 0.15) is 26.7 Å². The summed E-state index contributed by atoms with van der Waals surface area (Å²) in [6, 6.07) is -0.749. The van der Waals surface area contributed by atoms with Crippen molar-refractivity contribution in [1.29, 1.82) is 0 Å². The lowest BCUT2D eigenvalue weighted by Crippen LogP contribution is -2.56. The first-order chi connectivity index (χ1) is 9.45. The second-order valence-corrected chi connectivity index (χ2v) is 5.65. The Kier molecular flexibility index (Phi) is 4.49. The molecule has 1 aliphatic heterocycles. The van der Waals surface area contributed by atoms with Gasteiger partial charge in [-0.15, -0.1) is 0 Å². The van der Waals surface area contributed by atoms with Crippen molar-refractivity contribution >= 4 is 12.0 Å². The minimum atomic E-state index is -1.06. The summed E-state index contributed by atoms with van der Waals surface area (Å²) in [7, 11) is 0. The Morgan fingerprint density at radius 1 is 1.40 bits per heavy atom. The summed E-state index contributed by atoms with van der Waals surface area (Å²) in [6.07, 6.45) is 1.83. The van der Waals surface area contributed by atoms with Crippen LogP contribution in [0.4, 0.5) is 4.79 Å². The molecule has 7 nitrogen and oxygen atoms in total. The number of carbonyl (C=O) groups is 2. The van der Waals surface area contributed by atoms with Gasteiger partial charge in [-0.2, -0.15) is 0 Å². The summed E-state index contributed by atoms with van der Waals surface area (Å²) in [5.41, 5.74) is -1.06. The van der Waals surface area contributed by atoms with E-state index in [1.807, 2.05) is 6.92 Å². The molecule has 2 atom stereocenters. The van der Waals surface area contributed by atoms with Gasteiger partial charge < -0.3 is 25.2 Å². The highest BCUT2D eigenvalue weighted by atomic mass is 16.5. The number of ether oxygens (including phenoxy) is 2. The van der Waals surface area contributed by atoms with Crippen LogP contribution in [0.15, 0.2) is 0 Å². The molecule has 114 valence electrons. The molecule has 0 aromatic carbocycles. The molecule has 0 radical (unpaired) electrons. The summed E-state index contributed by atoms with van der Waals surface area (Å²) in [6.45, 7) is 4.55. The molecule has 0 bridgehead atoms. The van der Waals surface area contributed by atoms with Crippen LogP contribution in [0.3, 0.4) is 0 Å². The van der Waals surface area contributed by atoms with Crippen LogP contribution < -0.4 is 10.6 Å². The number of urea groups is 1. The van der Waals surface area contributed by atoms with Gasteiger partial charge in [0.1, 0.15) is 5.41 Å². The van der Waals surface area contributed by atoms with E-state index in [1.165, 1.54) is 0 Å². The first-order valence-electron chi connectivity index (χ1n) is 6.95. The third-order valence-electron chi connectivity index (χ3n) is 4.08. The zero-order valence-electron chi connectivity index (χ0n) is 11.8.